The Bertz CT molecular complexity index is 648. The zero-order chi connectivity index (χ0) is 12.4. The van der Waals surface area contributed by atoms with E-state index in [1.807, 2.05) is 36.4 Å². The Morgan fingerprint density at radius 3 is 2.83 bits per heavy atom. The van der Waals surface area contributed by atoms with E-state index in [1.165, 1.54) is 0 Å². The number of furan rings is 1. The van der Waals surface area contributed by atoms with Crippen molar-refractivity contribution >= 4 is 11.0 Å². The monoisotopic (exact) mass is 239 g/mol. The van der Waals surface area contributed by atoms with Gasteiger partial charge in [0, 0.05) is 29.6 Å². The predicted molar refractivity (Wildman–Crippen MR) is 69.1 cm³/mol. The predicted octanol–water partition coefficient (Wildman–Crippen LogP) is 2.31. The molecular formula is C14H13N3O. The van der Waals surface area contributed by atoms with Crippen LogP contribution in [-0.2, 0) is 0 Å². The molecule has 2 heterocycles. The molecule has 18 heavy (non-hydrogen) atoms. The van der Waals surface area contributed by atoms with Crippen LogP contribution in [0.1, 0.15) is 17.2 Å². The fourth-order valence-electron chi connectivity index (χ4n) is 2.17. The molecule has 0 aliphatic rings. The molecule has 0 aliphatic carbocycles. The van der Waals surface area contributed by atoms with E-state index in [-0.39, 0.29) is 5.92 Å². The maximum atomic E-state index is 5.88. The van der Waals surface area contributed by atoms with Crippen LogP contribution in [0.2, 0.25) is 0 Å². The Morgan fingerprint density at radius 1 is 1.17 bits per heavy atom. The van der Waals surface area contributed by atoms with Crippen LogP contribution in [0.5, 0.6) is 0 Å². The minimum Gasteiger partial charge on any atom is -0.464 e. The maximum Gasteiger partial charge on any atom is 0.134 e. The Hall–Kier alpha value is -2.20. The van der Waals surface area contributed by atoms with Gasteiger partial charge in [-0.3, -0.25) is 0 Å². The van der Waals surface area contributed by atoms with Crippen LogP contribution in [-0.4, -0.2) is 16.7 Å². The van der Waals surface area contributed by atoms with E-state index in [0.29, 0.717) is 6.54 Å². The molecule has 0 radical (unpaired) electrons. The molecule has 4 nitrogen and oxygen atoms in total. The van der Waals surface area contributed by atoms with E-state index < -0.39 is 0 Å². The van der Waals surface area contributed by atoms with Gasteiger partial charge in [-0.15, -0.1) is 0 Å². The topological polar surface area (TPSA) is 64.9 Å². The molecule has 3 aromatic rings. The van der Waals surface area contributed by atoms with Crippen LogP contribution in [0.15, 0.2) is 53.3 Å². The number of hydrogen-bond acceptors (Lipinski definition) is 4. The third-order valence-electron chi connectivity index (χ3n) is 3.07. The number of aromatic nitrogens is 2. The number of nitrogens with two attached hydrogens (primary N) is 1. The van der Waals surface area contributed by atoms with Gasteiger partial charge in [0.05, 0.1) is 12.0 Å². The summed E-state index contributed by atoms with van der Waals surface area (Å²) in [5, 5.41) is 9.13. The SMILES string of the molecule is NCC(c1cccnn1)c1coc2ccccc12. The Balaban J connectivity index is 2.12. The molecule has 90 valence electrons. The maximum absolute atomic E-state index is 5.88. The Kier molecular flexibility index (Phi) is 2.78. The lowest BCUT2D eigenvalue weighted by atomic mass is 9.95. The first-order valence-corrected chi connectivity index (χ1v) is 5.84. The first kappa shape index (κ1) is 10.9. The molecule has 1 unspecified atom stereocenters. The van der Waals surface area contributed by atoms with Crippen molar-refractivity contribution in [1.29, 1.82) is 0 Å². The number of nitrogens with zero attached hydrogens (tertiary/aromatic N) is 2. The second-order valence-corrected chi connectivity index (χ2v) is 4.12. The largest absolute Gasteiger partial charge is 0.464 e. The Morgan fingerprint density at radius 2 is 2.06 bits per heavy atom. The van der Waals surface area contributed by atoms with E-state index >= 15 is 0 Å². The van der Waals surface area contributed by atoms with E-state index in [0.717, 1.165) is 22.2 Å². The summed E-state index contributed by atoms with van der Waals surface area (Å²) >= 11 is 0. The van der Waals surface area contributed by atoms with Gasteiger partial charge in [0.2, 0.25) is 0 Å². The number of para-hydroxylation sites is 1. The van der Waals surface area contributed by atoms with Crippen LogP contribution in [0.3, 0.4) is 0 Å². The normalized spacial score (nSPS) is 12.7. The summed E-state index contributed by atoms with van der Waals surface area (Å²) < 4.78 is 5.55. The molecule has 0 spiro atoms. The second-order valence-electron chi connectivity index (χ2n) is 4.12. The minimum atomic E-state index is 0.0161. The summed E-state index contributed by atoms with van der Waals surface area (Å²) in [7, 11) is 0. The van der Waals surface area contributed by atoms with Crippen molar-refractivity contribution < 1.29 is 4.42 Å². The van der Waals surface area contributed by atoms with Crippen molar-refractivity contribution in [3.63, 3.8) is 0 Å². The molecule has 2 aromatic heterocycles. The lowest BCUT2D eigenvalue weighted by Crippen LogP contribution is -2.15. The van der Waals surface area contributed by atoms with Crippen LogP contribution >= 0.6 is 0 Å². The van der Waals surface area contributed by atoms with Gasteiger partial charge < -0.3 is 10.2 Å². The van der Waals surface area contributed by atoms with Crippen molar-refractivity contribution in [1.82, 2.24) is 10.2 Å². The van der Waals surface area contributed by atoms with E-state index in [4.69, 9.17) is 10.2 Å². The fraction of sp³-hybridized carbons (Fsp3) is 0.143. The summed E-state index contributed by atoms with van der Waals surface area (Å²) in [6, 6.07) is 11.7. The standard InChI is InChI=1S/C14H13N3O/c15-8-11(13-5-3-7-16-17-13)12-9-18-14-6-2-1-4-10(12)14/h1-7,9,11H,8,15H2. The van der Waals surface area contributed by atoms with Gasteiger partial charge >= 0.3 is 0 Å². The molecule has 2 N–H and O–H groups in total. The van der Waals surface area contributed by atoms with Gasteiger partial charge in [0.25, 0.3) is 0 Å². The smallest absolute Gasteiger partial charge is 0.134 e. The first-order chi connectivity index (χ1) is 8.90. The summed E-state index contributed by atoms with van der Waals surface area (Å²) in [4.78, 5) is 0. The van der Waals surface area contributed by atoms with E-state index in [2.05, 4.69) is 10.2 Å². The Labute approximate surface area is 104 Å². The molecule has 0 fully saturated rings. The minimum absolute atomic E-state index is 0.0161. The molecule has 1 atom stereocenters. The summed E-state index contributed by atoms with van der Waals surface area (Å²) in [5.74, 6) is 0.0161. The highest BCUT2D eigenvalue weighted by atomic mass is 16.3. The van der Waals surface area contributed by atoms with Gasteiger partial charge in [-0.2, -0.15) is 10.2 Å². The first-order valence-electron chi connectivity index (χ1n) is 5.84. The molecule has 0 amide bonds. The van der Waals surface area contributed by atoms with Gasteiger partial charge in [0.15, 0.2) is 0 Å². The summed E-state index contributed by atoms with van der Waals surface area (Å²) in [6.07, 6.45) is 3.42. The highest BCUT2D eigenvalue weighted by molar-refractivity contribution is 5.81. The van der Waals surface area contributed by atoms with Crippen LogP contribution in [0.4, 0.5) is 0 Å². The molecule has 0 aliphatic heterocycles. The van der Waals surface area contributed by atoms with Crippen molar-refractivity contribution in [2.24, 2.45) is 5.73 Å². The third-order valence-corrected chi connectivity index (χ3v) is 3.07. The molecule has 3 rings (SSSR count). The zero-order valence-electron chi connectivity index (χ0n) is 9.78. The number of fused-ring (bicyclic) bond motifs is 1. The van der Waals surface area contributed by atoms with Crippen molar-refractivity contribution in [2.75, 3.05) is 6.54 Å². The zero-order valence-corrected chi connectivity index (χ0v) is 9.78. The van der Waals surface area contributed by atoms with Crippen LogP contribution < -0.4 is 5.73 Å². The van der Waals surface area contributed by atoms with Crippen molar-refractivity contribution in [3.05, 3.63) is 60.1 Å². The van der Waals surface area contributed by atoms with Crippen molar-refractivity contribution in [2.45, 2.75) is 5.92 Å². The average molecular weight is 239 g/mol. The quantitative estimate of drug-likeness (QED) is 0.761. The number of hydrogen-bond donors (Lipinski definition) is 1. The van der Waals surface area contributed by atoms with Crippen LogP contribution in [0, 0.1) is 0 Å². The summed E-state index contributed by atoms with van der Waals surface area (Å²) in [6.45, 7) is 0.474. The second kappa shape index (κ2) is 4.58. The third kappa shape index (κ3) is 1.76. The number of benzene rings is 1. The molecule has 1 aromatic carbocycles. The molecule has 0 bridgehead atoms. The molecule has 4 heteroatoms. The van der Waals surface area contributed by atoms with Gasteiger partial charge in [0.1, 0.15) is 5.58 Å². The molecule has 0 saturated carbocycles. The van der Waals surface area contributed by atoms with E-state index in [1.54, 1.807) is 12.5 Å². The van der Waals surface area contributed by atoms with Crippen molar-refractivity contribution in [3.8, 4) is 0 Å². The fourth-order valence-corrected chi connectivity index (χ4v) is 2.17. The van der Waals surface area contributed by atoms with Crippen LogP contribution in [0.25, 0.3) is 11.0 Å². The van der Waals surface area contributed by atoms with Gasteiger partial charge in [-0.05, 0) is 18.2 Å². The van der Waals surface area contributed by atoms with Gasteiger partial charge in [-0.1, -0.05) is 18.2 Å². The van der Waals surface area contributed by atoms with Gasteiger partial charge in [-0.25, -0.2) is 0 Å². The number of rotatable bonds is 3. The molecule has 0 saturated heterocycles. The molecular weight excluding hydrogens is 226 g/mol. The van der Waals surface area contributed by atoms with E-state index in [9.17, 15) is 0 Å². The highest BCUT2D eigenvalue weighted by Gasteiger charge is 2.18. The summed E-state index contributed by atoms with van der Waals surface area (Å²) in [5.41, 5.74) is 8.68. The lowest BCUT2D eigenvalue weighted by Gasteiger charge is -2.11. The highest BCUT2D eigenvalue weighted by Crippen LogP contribution is 2.30. The lowest BCUT2D eigenvalue weighted by molar-refractivity contribution is 0.604. The average Bonchev–Trinajstić information content (AvgIpc) is 2.85.